The van der Waals surface area contributed by atoms with Crippen molar-refractivity contribution in [1.29, 1.82) is 0 Å². The van der Waals surface area contributed by atoms with Gasteiger partial charge < -0.3 is 10.1 Å². The van der Waals surface area contributed by atoms with Crippen LogP contribution in [0.15, 0.2) is 18.2 Å². The van der Waals surface area contributed by atoms with Gasteiger partial charge in [-0.15, -0.1) is 0 Å². The Kier molecular flexibility index (Phi) is 5.16. The monoisotopic (exact) mass is 358 g/mol. The van der Waals surface area contributed by atoms with Gasteiger partial charge in [0.1, 0.15) is 12.1 Å². The lowest BCUT2D eigenvalue weighted by molar-refractivity contribution is -0.145. The lowest BCUT2D eigenvalue weighted by Crippen LogP contribution is -2.40. The molecule has 0 bridgehead atoms. The highest BCUT2D eigenvalue weighted by Gasteiger charge is 2.44. The highest BCUT2D eigenvalue weighted by atomic mass is 35.5. The van der Waals surface area contributed by atoms with Crippen molar-refractivity contribution in [2.45, 2.75) is 32.4 Å². The molecule has 0 aromatic heterocycles. The second-order valence-corrected chi connectivity index (χ2v) is 6.50. The van der Waals surface area contributed by atoms with Gasteiger partial charge in [-0.3, -0.25) is 14.5 Å². The maximum Gasteiger partial charge on any atom is 0.325 e. The van der Waals surface area contributed by atoms with E-state index in [9.17, 15) is 14.4 Å². The Labute approximate surface area is 143 Å². The molecule has 3 amide bonds. The fraction of sp³-hybridized carbons (Fsp3) is 0.400. The number of urea groups is 1. The number of ether oxygens (including phenoxy) is 1. The molecular formula is C15H16Cl2N2O4. The maximum absolute atomic E-state index is 12.0. The van der Waals surface area contributed by atoms with Gasteiger partial charge in [-0.25, -0.2) is 4.79 Å². The first-order valence-corrected chi connectivity index (χ1v) is 7.70. The molecule has 1 fully saturated rings. The highest BCUT2D eigenvalue weighted by molar-refractivity contribution is 6.35. The smallest absolute Gasteiger partial charge is 0.325 e. The summed E-state index contributed by atoms with van der Waals surface area (Å²) in [6.07, 6.45) is -0.0829. The molecule has 1 aliphatic heterocycles. The van der Waals surface area contributed by atoms with E-state index in [2.05, 4.69) is 5.32 Å². The van der Waals surface area contributed by atoms with Gasteiger partial charge in [0.25, 0.3) is 5.91 Å². The number of imide groups is 1. The average molecular weight is 359 g/mol. The molecule has 0 spiro atoms. The van der Waals surface area contributed by atoms with Crippen LogP contribution in [0, 0.1) is 0 Å². The van der Waals surface area contributed by atoms with Crippen LogP contribution in [-0.4, -0.2) is 34.9 Å². The van der Waals surface area contributed by atoms with E-state index >= 15 is 0 Å². The quantitative estimate of drug-likeness (QED) is 0.648. The van der Waals surface area contributed by atoms with E-state index in [1.165, 1.54) is 0 Å². The molecule has 124 valence electrons. The topological polar surface area (TPSA) is 75.7 Å². The van der Waals surface area contributed by atoms with Crippen LogP contribution < -0.4 is 5.32 Å². The molecule has 0 radical (unpaired) electrons. The second kappa shape index (κ2) is 6.76. The molecule has 0 atom stereocenters. The van der Waals surface area contributed by atoms with Crippen molar-refractivity contribution in [3.8, 4) is 0 Å². The van der Waals surface area contributed by atoms with Gasteiger partial charge in [-0.2, -0.15) is 0 Å². The van der Waals surface area contributed by atoms with Crippen molar-refractivity contribution >= 4 is 41.1 Å². The first-order chi connectivity index (χ1) is 10.7. The minimum Gasteiger partial charge on any atom is -0.461 e. The third kappa shape index (κ3) is 4.14. The van der Waals surface area contributed by atoms with Crippen molar-refractivity contribution in [2.75, 3.05) is 6.54 Å². The minimum atomic E-state index is -0.947. The van der Waals surface area contributed by atoms with Gasteiger partial charge >= 0.3 is 12.0 Å². The molecule has 8 heteroatoms. The van der Waals surface area contributed by atoms with Gasteiger partial charge in [0.2, 0.25) is 0 Å². The molecule has 2 rings (SSSR count). The molecule has 23 heavy (non-hydrogen) atoms. The van der Waals surface area contributed by atoms with Crippen LogP contribution in [0.25, 0.3) is 0 Å². The third-order valence-electron chi connectivity index (χ3n) is 3.39. The van der Waals surface area contributed by atoms with E-state index < -0.39 is 17.5 Å². The van der Waals surface area contributed by atoms with Crippen LogP contribution in [0.2, 0.25) is 10.0 Å². The van der Waals surface area contributed by atoms with Crippen molar-refractivity contribution in [2.24, 2.45) is 0 Å². The summed E-state index contributed by atoms with van der Waals surface area (Å²) in [5, 5.41) is 3.44. The van der Waals surface area contributed by atoms with Gasteiger partial charge in [0, 0.05) is 22.2 Å². The SMILES string of the molecule is CC1(C)NC(=O)N(CCC(=O)OCc2ccc(Cl)cc2Cl)C1=O. The summed E-state index contributed by atoms with van der Waals surface area (Å²) in [5.41, 5.74) is -0.321. The summed E-state index contributed by atoms with van der Waals surface area (Å²) in [6, 6.07) is 4.36. The number of hydrogen-bond donors (Lipinski definition) is 1. The van der Waals surface area contributed by atoms with E-state index in [-0.39, 0.29) is 25.5 Å². The number of carbonyl (C=O) groups is 3. The maximum atomic E-state index is 12.0. The Bertz CT molecular complexity index is 661. The number of esters is 1. The normalized spacial score (nSPS) is 16.4. The molecule has 6 nitrogen and oxygen atoms in total. The number of nitrogens with one attached hydrogen (secondary N) is 1. The molecule has 1 heterocycles. The van der Waals surface area contributed by atoms with E-state index in [0.717, 1.165) is 4.90 Å². The Balaban J connectivity index is 1.84. The molecule has 0 saturated carbocycles. The number of nitrogens with zero attached hydrogens (tertiary/aromatic N) is 1. The zero-order valence-electron chi connectivity index (χ0n) is 12.7. The zero-order chi connectivity index (χ0) is 17.2. The Morgan fingerprint density at radius 3 is 2.57 bits per heavy atom. The molecule has 1 saturated heterocycles. The van der Waals surface area contributed by atoms with Crippen molar-refractivity contribution in [3.05, 3.63) is 33.8 Å². The van der Waals surface area contributed by atoms with Gasteiger partial charge in [-0.1, -0.05) is 29.3 Å². The lowest BCUT2D eigenvalue weighted by Gasteiger charge is -2.15. The predicted octanol–water partition coefficient (Wildman–Crippen LogP) is 2.76. The lowest BCUT2D eigenvalue weighted by atomic mass is 10.1. The fourth-order valence-corrected chi connectivity index (χ4v) is 2.56. The number of rotatable bonds is 5. The molecule has 0 aliphatic carbocycles. The van der Waals surface area contributed by atoms with Gasteiger partial charge in [0.05, 0.1) is 6.42 Å². The fourth-order valence-electron chi connectivity index (χ4n) is 2.09. The zero-order valence-corrected chi connectivity index (χ0v) is 14.2. The van der Waals surface area contributed by atoms with Crippen LogP contribution in [0.5, 0.6) is 0 Å². The number of halogens is 2. The molecule has 1 aliphatic rings. The Morgan fingerprint density at radius 2 is 2.00 bits per heavy atom. The van der Waals surface area contributed by atoms with Crippen LogP contribution in [0.3, 0.4) is 0 Å². The summed E-state index contributed by atoms with van der Waals surface area (Å²) in [7, 11) is 0. The summed E-state index contributed by atoms with van der Waals surface area (Å²) >= 11 is 11.8. The highest BCUT2D eigenvalue weighted by Crippen LogP contribution is 2.22. The van der Waals surface area contributed by atoms with Crippen molar-refractivity contribution in [1.82, 2.24) is 10.2 Å². The summed E-state index contributed by atoms with van der Waals surface area (Å²) < 4.78 is 5.09. The number of benzene rings is 1. The molecule has 0 unspecified atom stereocenters. The van der Waals surface area contributed by atoms with Crippen LogP contribution in [0.1, 0.15) is 25.8 Å². The van der Waals surface area contributed by atoms with Gasteiger partial charge in [0.15, 0.2) is 0 Å². The molecule has 1 N–H and O–H groups in total. The summed E-state index contributed by atoms with van der Waals surface area (Å²) in [4.78, 5) is 36.4. The second-order valence-electron chi connectivity index (χ2n) is 5.66. The molecule has 1 aromatic rings. The number of amides is 3. The van der Waals surface area contributed by atoms with Crippen LogP contribution in [-0.2, 0) is 20.9 Å². The molecule has 1 aromatic carbocycles. The predicted molar refractivity (Wildman–Crippen MR) is 85.2 cm³/mol. The third-order valence-corrected chi connectivity index (χ3v) is 3.97. The minimum absolute atomic E-state index is 0.000468. The Morgan fingerprint density at radius 1 is 1.30 bits per heavy atom. The Hall–Kier alpha value is -1.79. The summed E-state index contributed by atoms with van der Waals surface area (Å²) in [5.74, 6) is -0.891. The van der Waals surface area contributed by atoms with Crippen molar-refractivity contribution in [3.63, 3.8) is 0 Å². The average Bonchev–Trinajstić information content (AvgIpc) is 2.64. The largest absolute Gasteiger partial charge is 0.461 e. The van der Waals surface area contributed by atoms with Crippen LogP contribution >= 0.6 is 23.2 Å². The van der Waals surface area contributed by atoms with E-state index in [1.807, 2.05) is 0 Å². The first-order valence-electron chi connectivity index (χ1n) is 6.94. The van der Waals surface area contributed by atoms with Crippen molar-refractivity contribution < 1.29 is 19.1 Å². The van der Waals surface area contributed by atoms with E-state index in [0.29, 0.717) is 15.6 Å². The number of carbonyl (C=O) groups excluding carboxylic acids is 3. The molecular weight excluding hydrogens is 343 g/mol. The summed E-state index contributed by atoms with van der Waals surface area (Å²) in [6.45, 7) is 3.18. The number of hydrogen-bond acceptors (Lipinski definition) is 4. The van der Waals surface area contributed by atoms with E-state index in [4.69, 9.17) is 27.9 Å². The van der Waals surface area contributed by atoms with E-state index in [1.54, 1.807) is 32.0 Å². The van der Waals surface area contributed by atoms with Gasteiger partial charge in [-0.05, 0) is 26.0 Å². The standard InChI is InChI=1S/C15H16Cl2N2O4/c1-15(2)13(21)19(14(22)18-15)6-5-12(20)23-8-9-3-4-10(16)7-11(9)17/h3-4,7H,5-6,8H2,1-2H3,(H,18,22). The van der Waals surface area contributed by atoms with Crippen LogP contribution in [0.4, 0.5) is 4.79 Å². The first kappa shape index (κ1) is 17.6.